The Bertz CT molecular complexity index is 210. The molecule has 2 aliphatic rings. The maximum Gasteiger partial charge on any atom is 0.0704 e. The van der Waals surface area contributed by atoms with Gasteiger partial charge in [0.1, 0.15) is 0 Å². The van der Waals surface area contributed by atoms with Crippen molar-refractivity contribution in [1.29, 1.82) is 0 Å². The lowest BCUT2D eigenvalue weighted by Gasteiger charge is -2.33. The van der Waals surface area contributed by atoms with Crippen LogP contribution in [-0.2, 0) is 4.74 Å². The van der Waals surface area contributed by atoms with Gasteiger partial charge in [-0.25, -0.2) is 0 Å². The lowest BCUT2D eigenvalue weighted by atomic mass is 10.1. The second-order valence-corrected chi connectivity index (χ2v) is 5.29. The van der Waals surface area contributed by atoms with Crippen molar-refractivity contribution in [3.05, 3.63) is 0 Å². The fourth-order valence-electron chi connectivity index (χ4n) is 2.84. The molecular weight excluding hydrogens is 200 g/mol. The first-order valence-corrected chi connectivity index (χ1v) is 6.89. The van der Waals surface area contributed by atoms with E-state index in [1.807, 2.05) is 0 Å². The lowest BCUT2D eigenvalue weighted by molar-refractivity contribution is 0.0519. The van der Waals surface area contributed by atoms with Crippen molar-refractivity contribution in [2.75, 3.05) is 26.2 Å². The van der Waals surface area contributed by atoms with Gasteiger partial charge in [-0.15, -0.1) is 0 Å². The van der Waals surface area contributed by atoms with E-state index in [1.54, 1.807) is 0 Å². The van der Waals surface area contributed by atoms with Crippen molar-refractivity contribution >= 4 is 0 Å². The Hall–Kier alpha value is -0.120. The molecule has 0 aliphatic carbocycles. The third kappa shape index (κ3) is 3.44. The summed E-state index contributed by atoms with van der Waals surface area (Å²) in [6.45, 7) is 9.18. The number of piperidine rings is 1. The minimum Gasteiger partial charge on any atom is -0.374 e. The molecule has 0 aromatic rings. The van der Waals surface area contributed by atoms with Crippen LogP contribution in [0, 0.1) is 0 Å². The number of hydrogen-bond acceptors (Lipinski definition) is 3. The zero-order valence-corrected chi connectivity index (χ0v) is 10.7. The first kappa shape index (κ1) is 12.3. The van der Waals surface area contributed by atoms with Crippen molar-refractivity contribution in [3.63, 3.8) is 0 Å². The Balaban J connectivity index is 1.65. The summed E-state index contributed by atoms with van der Waals surface area (Å²) in [4.78, 5) is 2.54. The van der Waals surface area contributed by atoms with Gasteiger partial charge in [0.15, 0.2) is 0 Å². The van der Waals surface area contributed by atoms with Gasteiger partial charge in [-0.05, 0) is 45.7 Å². The number of hydrogen-bond donors (Lipinski definition) is 1. The quantitative estimate of drug-likeness (QED) is 0.788. The van der Waals surface area contributed by atoms with Crippen LogP contribution in [0.3, 0.4) is 0 Å². The first-order chi connectivity index (χ1) is 7.78. The van der Waals surface area contributed by atoms with Crippen LogP contribution in [0.1, 0.15) is 39.5 Å². The zero-order chi connectivity index (χ0) is 11.4. The normalized spacial score (nSPS) is 36.8. The SMILES string of the molecule is CCN1CCCC(NCC2CCC(C)O2)C1. The number of likely N-dealkylation sites (N-methyl/N-ethyl adjacent to an activating group) is 1. The van der Waals surface area contributed by atoms with Crippen LogP contribution >= 0.6 is 0 Å². The van der Waals surface area contributed by atoms with Crippen LogP contribution in [0.5, 0.6) is 0 Å². The minimum atomic E-state index is 0.465. The molecule has 1 N–H and O–H groups in total. The van der Waals surface area contributed by atoms with Gasteiger partial charge in [-0.2, -0.15) is 0 Å². The molecule has 3 atom stereocenters. The first-order valence-electron chi connectivity index (χ1n) is 6.89. The van der Waals surface area contributed by atoms with Crippen molar-refractivity contribution in [3.8, 4) is 0 Å². The van der Waals surface area contributed by atoms with Crippen LogP contribution in [0.2, 0.25) is 0 Å². The number of nitrogens with one attached hydrogen (secondary N) is 1. The zero-order valence-electron chi connectivity index (χ0n) is 10.7. The van der Waals surface area contributed by atoms with E-state index in [0.29, 0.717) is 18.2 Å². The van der Waals surface area contributed by atoms with Crippen LogP contribution in [0.15, 0.2) is 0 Å². The summed E-state index contributed by atoms with van der Waals surface area (Å²) in [7, 11) is 0. The van der Waals surface area contributed by atoms with Gasteiger partial charge in [0.2, 0.25) is 0 Å². The largest absolute Gasteiger partial charge is 0.374 e. The molecule has 0 saturated carbocycles. The Morgan fingerprint density at radius 2 is 2.19 bits per heavy atom. The highest BCUT2D eigenvalue weighted by Crippen LogP contribution is 2.19. The molecule has 2 heterocycles. The van der Waals surface area contributed by atoms with Crippen molar-refractivity contribution < 1.29 is 4.74 Å². The van der Waals surface area contributed by atoms with Crippen LogP contribution in [0.25, 0.3) is 0 Å². The van der Waals surface area contributed by atoms with Gasteiger partial charge in [0, 0.05) is 19.1 Å². The summed E-state index contributed by atoms with van der Waals surface area (Å²) >= 11 is 0. The number of nitrogens with zero attached hydrogens (tertiary/aromatic N) is 1. The summed E-state index contributed by atoms with van der Waals surface area (Å²) in [5, 5.41) is 3.68. The van der Waals surface area contributed by atoms with Crippen LogP contribution in [-0.4, -0.2) is 49.3 Å². The molecule has 0 amide bonds. The van der Waals surface area contributed by atoms with Gasteiger partial charge in [-0.1, -0.05) is 6.92 Å². The predicted molar refractivity (Wildman–Crippen MR) is 66.7 cm³/mol. The van der Waals surface area contributed by atoms with E-state index in [0.717, 1.165) is 6.54 Å². The van der Waals surface area contributed by atoms with Gasteiger partial charge >= 0.3 is 0 Å². The molecule has 2 saturated heterocycles. The second-order valence-electron chi connectivity index (χ2n) is 5.29. The van der Waals surface area contributed by atoms with E-state index >= 15 is 0 Å². The van der Waals surface area contributed by atoms with Crippen molar-refractivity contribution in [2.24, 2.45) is 0 Å². The molecule has 3 heteroatoms. The van der Waals surface area contributed by atoms with E-state index in [1.165, 1.54) is 45.3 Å². The molecule has 0 aromatic carbocycles. The van der Waals surface area contributed by atoms with E-state index in [4.69, 9.17) is 4.74 Å². The highest BCUT2D eigenvalue weighted by Gasteiger charge is 2.24. The average Bonchev–Trinajstić information content (AvgIpc) is 2.73. The third-order valence-corrected chi connectivity index (χ3v) is 3.91. The van der Waals surface area contributed by atoms with Crippen molar-refractivity contribution in [2.45, 2.75) is 57.8 Å². The monoisotopic (exact) mass is 226 g/mol. The lowest BCUT2D eigenvalue weighted by Crippen LogP contribution is -2.47. The molecule has 0 radical (unpaired) electrons. The average molecular weight is 226 g/mol. The Morgan fingerprint density at radius 3 is 2.88 bits per heavy atom. The minimum absolute atomic E-state index is 0.465. The molecule has 2 fully saturated rings. The van der Waals surface area contributed by atoms with Crippen LogP contribution in [0.4, 0.5) is 0 Å². The van der Waals surface area contributed by atoms with Gasteiger partial charge in [0.05, 0.1) is 12.2 Å². The Labute approximate surface area is 99.5 Å². The predicted octanol–water partition coefficient (Wildman–Crippen LogP) is 1.63. The van der Waals surface area contributed by atoms with E-state index in [-0.39, 0.29) is 0 Å². The molecule has 3 nitrogen and oxygen atoms in total. The van der Waals surface area contributed by atoms with Crippen molar-refractivity contribution in [1.82, 2.24) is 10.2 Å². The standard InChI is InChI=1S/C13H26N2O/c1-3-15-8-4-5-12(10-15)14-9-13-7-6-11(2)16-13/h11-14H,3-10H2,1-2H3. The molecule has 2 aliphatic heterocycles. The van der Waals surface area contributed by atoms with Gasteiger partial charge in [0.25, 0.3) is 0 Å². The Morgan fingerprint density at radius 1 is 1.31 bits per heavy atom. The van der Waals surface area contributed by atoms with E-state index in [2.05, 4.69) is 24.1 Å². The summed E-state index contributed by atoms with van der Waals surface area (Å²) in [5.41, 5.74) is 0. The molecule has 0 bridgehead atoms. The fourth-order valence-corrected chi connectivity index (χ4v) is 2.84. The number of likely N-dealkylation sites (tertiary alicyclic amines) is 1. The molecule has 94 valence electrons. The summed E-state index contributed by atoms with van der Waals surface area (Å²) in [6, 6.07) is 0.688. The van der Waals surface area contributed by atoms with E-state index < -0.39 is 0 Å². The molecular formula is C13H26N2O. The highest BCUT2D eigenvalue weighted by molar-refractivity contribution is 4.80. The molecule has 2 rings (SSSR count). The smallest absolute Gasteiger partial charge is 0.0704 e. The second kappa shape index (κ2) is 5.99. The third-order valence-electron chi connectivity index (χ3n) is 3.91. The summed E-state index contributed by atoms with van der Waals surface area (Å²) in [6.07, 6.45) is 6.08. The fraction of sp³-hybridized carbons (Fsp3) is 1.00. The maximum absolute atomic E-state index is 5.83. The molecule has 0 spiro atoms. The Kier molecular flexibility index (Phi) is 4.62. The topological polar surface area (TPSA) is 24.5 Å². The molecule has 0 aromatic heterocycles. The van der Waals surface area contributed by atoms with Gasteiger partial charge < -0.3 is 15.0 Å². The van der Waals surface area contributed by atoms with E-state index in [9.17, 15) is 0 Å². The summed E-state index contributed by atoms with van der Waals surface area (Å²) in [5.74, 6) is 0. The molecule has 16 heavy (non-hydrogen) atoms. The summed E-state index contributed by atoms with van der Waals surface area (Å²) < 4.78 is 5.83. The van der Waals surface area contributed by atoms with Gasteiger partial charge in [-0.3, -0.25) is 0 Å². The maximum atomic E-state index is 5.83. The van der Waals surface area contributed by atoms with Crippen LogP contribution < -0.4 is 5.32 Å². The molecule has 3 unspecified atom stereocenters. The highest BCUT2D eigenvalue weighted by atomic mass is 16.5. The number of ether oxygens (including phenoxy) is 1. The number of rotatable bonds is 4.